The van der Waals surface area contributed by atoms with E-state index in [-0.39, 0.29) is 30.2 Å². The number of aryl methyl sites for hydroxylation is 2. The first-order valence-electron chi connectivity index (χ1n) is 10.8. The number of rotatable bonds is 0. The SMILES string of the molecule is CC(C)(C)[Si](=[Zr+2])C(C)(C)C.Cc1ccc2c(c1)[cH-]c1cc(C)ccc12.[C-]1=CC=CC1.[Cl-].[Cl-]. The fourth-order valence-corrected chi connectivity index (χ4v) is 5.98. The molecule has 3 aromatic carbocycles. The van der Waals surface area contributed by atoms with Crippen molar-refractivity contribution in [3.05, 3.63) is 77.9 Å². The quantitative estimate of drug-likeness (QED) is 0.292. The second-order valence-corrected chi connectivity index (χ2v) is 17.6. The number of halogens is 2. The van der Waals surface area contributed by atoms with E-state index in [9.17, 15) is 0 Å². The number of allylic oxidation sites excluding steroid dienone is 4. The normalized spacial score (nSPS) is 12.3. The number of hydrogen-bond acceptors (Lipinski definition) is 0. The van der Waals surface area contributed by atoms with E-state index in [0.717, 1.165) is 6.42 Å². The molecule has 4 heteroatoms. The Morgan fingerprint density at radius 2 is 1.25 bits per heavy atom. The molecule has 0 saturated heterocycles. The summed E-state index contributed by atoms with van der Waals surface area (Å²) >= 11 is 1.77. The fraction of sp³-hybridized carbons (Fsp3) is 0.393. The molecule has 0 aliphatic heterocycles. The molecule has 0 saturated carbocycles. The molecule has 0 bridgehead atoms. The van der Waals surface area contributed by atoms with Crippen LogP contribution in [0.1, 0.15) is 59.1 Å². The maximum absolute atomic E-state index is 2.99. The number of hydrogen-bond donors (Lipinski definition) is 0. The van der Waals surface area contributed by atoms with Gasteiger partial charge in [0.1, 0.15) is 0 Å². The fourth-order valence-electron chi connectivity index (χ4n) is 3.73. The van der Waals surface area contributed by atoms with Crippen LogP contribution in [0.15, 0.2) is 60.7 Å². The largest absolute Gasteiger partial charge is 1.00 e. The van der Waals surface area contributed by atoms with Crippen LogP contribution in [0.5, 0.6) is 0 Å². The van der Waals surface area contributed by atoms with Crippen molar-refractivity contribution in [3.63, 3.8) is 0 Å². The van der Waals surface area contributed by atoms with Gasteiger partial charge in [0.05, 0.1) is 0 Å². The van der Waals surface area contributed by atoms with Crippen LogP contribution in [0.3, 0.4) is 0 Å². The zero-order valence-corrected chi connectivity index (χ0v) is 25.7. The van der Waals surface area contributed by atoms with Gasteiger partial charge in [0.15, 0.2) is 0 Å². The van der Waals surface area contributed by atoms with Crippen LogP contribution >= 0.6 is 0 Å². The summed E-state index contributed by atoms with van der Waals surface area (Å²) in [7, 11) is 0. The topological polar surface area (TPSA) is 0 Å². The monoisotopic (exact) mass is 560 g/mol. The van der Waals surface area contributed by atoms with Crippen molar-refractivity contribution in [1.82, 2.24) is 0 Å². The first kappa shape index (κ1) is 31.5. The molecule has 0 heterocycles. The van der Waals surface area contributed by atoms with E-state index >= 15 is 0 Å². The zero-order valence-electron chi connectivity index (χ0n) is 20.7. The van der Waals surface area contributed by atoms with Crippen LogP contribution in [0.4, 0.5) is 0 Å². The van der Waals surface area contributed by atoms with E-state index in [4.69, 9.17) is 0 Å². The summed E-state index contributed by atoms with van der Waals surface area (Å²) in [5.41, 5.74) is 2.53. The van der Waals surface area contributed by atoms with Gasteiger partial charge in [-0.3, -0.25) is 6.08 Å². The van der Waals surface area contributed by atoms with Gasteiger partial charge in [-0.15, -0.1) is 46.2 Å². The van der Waals surface area contributed by atoms with Crippen molar-refractivity contribution in [3.8, 4) is 0 Å². The molecule has 0 unspecified atom stereocenters. The van der Waals surface area contributed by atoms with Gasteiger partial charge in [-0.05, 0) is 13.8 Å². The molecular formula is C28H36Cl2SiZr-2. The van der Waals surface area contributed by atoms with Gasteiger partial charge in [-0.25, -0.2) is 12.2 Å². The third kappa shape index (κ3) is 9.38. The number of fused-ring (bicyclic) bond motifs is 3. The molecule has 1 aliphatic carbocycles. The van der Waals surface area contributed by atoms with Crippen LogP contribution in [-0.2, 0) is 23.3 Å². The Balaban J connectivity index is 0.000000494. The summed E-state index contributed by atoms with van der Waals surface area (Å²) in [5, 5.41) is 6.63. The average molecular weight is 563 g/mol. The summed E-state index contributed by atoms with van der Waals surface area (Å²) in [6.45, 7) is 18.5. The van der Waals surface area contributed by atoms with Gasteiger partial charge in [0.25, 0.3) is 0 Å². The van der Waals surface area contributed by atoms with Crippen LogP contribution in [0, 0.1) is 19.9 Å². The van der Waals surface area contributed by atoms with Crippen molar-refractivity contribution < 1.29 is 48.1 Å². The Kier molecular flexibility index (Phi) is 13.2. The van der Waals surface area contributed by atoms with Crippen molar-refractivity contribution in [2.24, 2.45) is 0 Å². The Bertz CT molecular complexity index is 994. The molecule has 0 spiro atoms. The molecule has 0 atom stereocenters. The van der Waals surface area contributed by atoms with Crippen LogP contribution < -0.4 is 24.8 Å². The summed E-state index contributed by atoms with van der Waals surface area (Å²) in [5.74, 6) is 0. The van der Waals surface area contributed by atoms with Crippen molar-refractivity contribution in [2.75, 3.05) is 0 Å². The minimum atomic E-state index is -0.131. The summed E-state index contributed by atoms with van der Waals surface area (Å²) in [6, 6.07) is 15.6. The van der Waals surface area contributed by atoms with Crippen molar-refractivity contribution >= 4 is 27.0 Å². The van der Waals surface area contributed by atoms with E-state index < -0.39 is 0 Å². The molecule has 0 nitrogen and oxygen atoms in total. The molecule has 172 valence electrons. The van der Waals surface area contributed by atoms with Crippen LogP contribution in [-0.4, -0.2) is 5.43 Å². The number of benzene rings is 2. The third-order valence-electron chi connectivity index (χ3n) is 5.10. The maximum Gasteiger partial charge on any atom is -0.0469 e. The van der Waals surface area contributed by atoms with Gasteiger partial charge in [0.2, 0.25) is 0 Å². The zero-order chi connectivity index (χ0) is 22.5. The molecule has 0 aromatic heterocycles. The second kappa shape index (κ2) is 13.4. The maximum atomic E-state index is 2.99. The third-order valence-corrected chi connectivity index (χ3v) is 19.2. The molecular weight excluding hydrogens is 527 g/mol. The minimum Gasteiger partial charge on any atom is -1.00 e. The van der Waals surface area contributed by atoms with E-state index in [2.05, 4.69) is 110 Å². The standard InChI is InChI=1S/C15H13.C8H18Si.C5H5.2ClH.Zr/c1-10-3-5-14-12(7-10)9-13-8-11(2)4-6-15(13)14;1-7(2,3)9-8(4,5)6;1-2-4-5-3-1;;;/h3-9H,1-2H3;1-6H3;1-3H,4H2;2*1H;/q-1;;-1;;;+2/p-2. The van der Waals surface area contributed by atoms with Crippen LogP contribution in [0.2, 0.25) is 10.1 Å². The summed E-state index contributed by atoms with van der Waals surface area (Å²) in [6.07, 6.45) is 10.0. The van der Waals surface area contributed by atoms with Gasteiger partial charge < -0.3 is 24.8 Å². The Labute approximate surface area is 223 Å². The van der Waals surface area contributed by atoms with Crippen molar-refractivity contribution in [1.29, 1.82) is 0 Å². The van der Waals surface area contributed by atoms with Gasteiger partial charge >= 0.3 is 80.4 Å². The van der Waals surface area contributed by atoms with Crippen molar-refractivity contribution in [2.45, 2.75) is 71.9 Å². The predicted molar refractivity (Wildman–Crippen MR) is 133 cm³/mol. The molecule has 32 heavy (non-hydrogen) atoms. The molecule has 1 aliphatic rings. The first-order chi connectivity index (χ1) is 13.9. The van der Waals surface area contributed by atoms with E-state index in [1.807, 2.05) is 12.2 Å². The molecule has 3 aromatic rings. The Morgan fingerprint density at radius 3 is 1.50 bits per heavy atom. The van der Waals surface area contributed by atoms with E-state index in [0.29, 0.717) is 10.1 Å². The first-order valence-corrected chi connectivity index (χ1v) is 16.0. The van der Waals surface area contributed by atoms with E-state index in [1.54, 1.807) is 23.3 Å². The minimum absolute atomic E-state index is 0. The molecule has 4 rings (SSSR count). The molecule has 0 fully saturated rings. The molecule has 0 amide bonds. The van der Waals surface area contributed by atoms with Gasteiger partial charge in [-0.1, -0.05) is 35.4 Å². The summed E-state index contributed by atoms with van der Waals surface area (Å²) < 4.78 is 0. The predicted octanol–water partition coefficient (Wildman–Crippen LogP) is 2.77. The summed E-state index contributed by atoms with van der Waals surface area (Å²) in [4.78, 5) is 0. The smallest absolute Gasteiger partial charge is 0.0469 e. The average Bonchev–Trinajstić information content (AvgIpc) is 3.30. The Hall–Kier alpha value is -0.530. The van der Waals surface area contributed by atoms with Crippen LogP contribution in [0.25, 0.3) is 21.5 Å². The van der Waals surface area contributed by atoms with Gasteiger partial charge in [-0.2, -0.15) is 6.08 Å². The van der Waals surface area contributed by atoms with Gasteiger partial charge in [0, 0.05) is 0 Å². The molecule has 0 N–H and O–H groups in total. The van der Waals surface area contributed by atoms with E-state index in [1.165, 1.54) is 32.7 Å². The second-order valence-electron chi connectivity index (χ2n) is 10.2. The molecule has 0 radical (unpaired) electrons. The Morgan fingerprint density at radius 1 is 0.812 bits per heavy atom.